The van der Waals surface area contributed by atoms with Crippen LogP contribution in [0.4, 0.5) is 5.69 Å². The zero-order valence-corrected chi connectivity index (χ0v) is 15.6. The van der Waals surface area contributed by atoms with Crippen molar-refractivity contribution in [2.24, 2.45) is 0 Å². The molecule has 0 heterocycles. The van der Waals surface area contributed by atoms with Crippen LogP contribution in [0, 0.1) is 0 Å². The molecule has 1 aliphatic carbocycles. The highest BCUT2D eigenvalue weighted by Gasteiger charge is 2.17. The standard InChI is InChI=1S/C19H24N2O3S/c1-12(8-15-6-4-5-7-18(15)25)21(3)11-14-9-16(23)19(17(24)10-14)20-13(2)22/h4-6,9-10,12,23-24H,7-8,11H2,1-3H3,(H,20,22). The molecule has 134 valence electrons. The molecule has 5 nitrogen and oxygen atoms in total. The van der Waals surface area contributed by atoms with Gasteiger partial charge in [-0.2, -0.15) is 0 Å². The second-order valence-corrected chi connectivity index (χ2v) is 6.90. The Morgan fingerprint density at radius 3 is 2.56 bits per heavy atom. The zero-order chi connectivity index (χ0) is 18.6. The van der Waals surface area contributed by atoms with Crippen LogP contribution in [0.2, 0.25) is 0 Å². The summed E-state index contributed by atoms with van der Waals surface area (Å²) in [6.45, 7) is 3.99. The summed E-state index contributed by atoms with van der Waals surface area (Å²) < 4.78 is 0. The van der Waals surface area contributed by atoms with E-state index < -0.39 is 0 Å². The molecule has 0 saturated heterocycles. The summed E-state index contributed by atoms with van der Waals surface area (Å²) in [6, 6.07) is 3.36. The third-order valence-corrected chi connectivity index (χ3v) is 4.68. The molecule has 2 rings (SSSR count). The number of phenols is 2. The number of carbonyl (C=O) groups is 1. The minimum absolute atomic E-state index is 0.0384. The Morgan fingerprint density at radius 1 is 1.36 bits per heavy atom. The second kappa shape index (κ2) is 8.27. The quantitative estimate of drug-likeness (QED) is 0.535. The van der Waals surface area contributed by atoms with Crippen LogP contribution in [-0.2, 0) is 11.3 Å². The minimum atomic E-state index is -0.352. The van der Waals surface area contributed by atoms with Crippen LogP contribution in [0.25, 0.3) is 0 Å². The van der Waals surface area contributed by atoms with Crippen LogP contribution in [0.3, 0.4) is 0 Å². The molecule has 1 atom stereocenters. The van der Waals surface area contributed by atoms with Crippen LogP contribution in [-0.4, -0.2) is 39.0 Å². The summed E-state index contributed by atoms with van der Waals surface area (Å²) in [4.78, 5) is 14.2. The van der Waals surface area contributed by atoms with Gasteiger partial charge < -0.3 is 15.5 Å². The van der Waals surface area contributed by atoms with Crippen molar-refractivity contribution >= 4 is 28.7 Å². The normalized spacial score (nSPS) is 15.2. The first-order valence-electron chi connectivity index (χ1n) is 8.19. The third-order valence-electron chi connectivity index (χ3n) is 4.25. The highest BCUT2D eigenvalue weighted by Crippen LogP contribution is 2.35. The lowest BCUT2D eigenvalue weighted by Crippen LogP contribution is -2.29. The first-order chi connectivity index (χ1) is 11.8. The largest absolute Gasteiger partial charge is 0.506 e. The number of hydrogen-bond acceptors (Lipinski definition) is 5. The lowest BCUT2D eigenvalue weighted by Gasteiger charge is -2.26. The number of aromatic hydroxyl groups is 2. The molecule has 3 N–H and O–H groups in total. The van der Waals surface area contributed by atoms with E-state index >= 15 is 0 Å². The zero-order valence-electron chi connectivity index (χ0n) is 14.7. The molecule has 1 aromatic carbocycles. The fraction of sp³-hybridized carbons (Fsp3) is 0.368. The number of nitrogens with zero attached hydrogens (tertiary/aromatic N) is 1. The third kappa shape index (κ3) is 5.14. The number of anilines is 1. The molecule has 1 amide bonds. The van der Waals surface area contributed by atoms with Gasteiger partial charge in [-0.15, -0.1) is 0 Å². The fourth-order valence-electron chi connectivity index (χ4n) is 2.75. The molecule has 0 radical (unpaired) electrons. The van der Waals surface area contributed by atoms with E-state index in [-0.39, 0.29) is 29.1 Å². The number of benzene rings is 1. The molecule has 0 aliphatic heterocycles. The number of nitrogens with one attached hydrogen (secondary N) is 1. The van der Waals surface area contributed by atoms with Gasteiger partial charge in [0, 0.05) is 30.8 Å². The van der Waals surface area contributed by atoms with Crippen LogP contribution in [0.1, 0.15) is 32.3 Å². The molecular weight excluding hydrogens is 336 g/mol. The summed E-state index contributed by atoms with van der Waals surface area (Å²) >= 11 is 5.41. The van der Waals surface area contributed by atoms with Crippen molar-refractivity contribution in [1.29, 1.82) is 0 Å². The first-order valence-corrected chi connectivity index (χ1v) is 8.60. The number of phenolic OH excluding ortho intramolecular Hbond substituents is 2. The summed E-state index contributed by atoms with van der Waals surface area (Å²) in [7, 11) is 1.99. The monoisotopic (exact) mass is 360 g/mol. The molecule has 0 fully saturated rings. The number of thiocarbonyl (C=S) groups is 1. The van der Waals surface area contributed by atoms with Gasteiger partial charge >= 0.3 is 0 Å². The Balaban J connectivity index is 2.05. The number of rotatable bonds is 6. The average Bonchev–Trinajstić information content (AvgIpc) is 2.53. The predicted molar refractivity (Wildman–Crippen MR) is 104 cm³/mol. The Morgan fingerprint density at radius 2 is 2.00 bits per heavy atom. The Hall–Kier alpha value is -2.18. The van der Waals surface area contributed by atoms with E-state index in [1.165, 1.54) is 12.5 Å². The highest BCUT2D eigenvalue weighted by molar-refractivity contribution is 7.80. The van der Waals surface area contributed by atoms with E-state index in [0.29, 0.717) is 6.54 Å². The van der Waals surface area contributed by atoms with Crippen LogP contribution < -0.4 is 5.32 Å². The summed E-state index contributed by atoms with van der Waals surface area (Å²) in [5.74, 6) is -0.644. The predicted octanol–water partition coefficient (Wildman–Crippen LogP) is 3.52. The van der Waals surface area contributed by atoms with Crippen LogP contribution in [0.5, 0.6) is 11.5 Å². The molecule has 1 aliphatic rings. The molecule has 6 heteroatoms. The van der Waals surface area contributed by atoms with Crippen molar-refractivity contribution in [1.82, 2.24) is 4.90 Å². The maximum atomic E-state index is 11.1. The van der Waals surface area contributed by atoms with Crippen LogP contribution in [0.15, 0.2) is 35.9 Å². The molecule has 1 aromatic rings. The maximum absolute atomic E-state index is 11.1. The number of hydrogen-bond donors (Lipinski definition) is 3. The molecular formula is C19H24N2O3S. The first kappa shape index (κ1) is 19.1. The molecule has 0 aromatic heterocycles. The smallest absolute Gasteiger partial charge is 0.221 e. The summed E-state index contributed by atoms with van der Waals surface area (Å²) in [6.07, 6.45) is 7.83. The average molecular weight is 360 g/mol. The van der Waals surface area contributed by atoms with Crippen molar-refractivity contribution in [3.63, 3.8) is 0 Å². The number of carbonyl (C=O) groups excluding carboxylic acids is 1. The van der Waals surface area contributed by atoms with Crippen molar-refractivity contribution in [3.05, 3.63) is 41.5 Å². The topological polar surface area (TPSA) is 72.8 Å². The molecule has 0 bridgehead atoms. The number of allylic oxidation sites excluding steroid dienone is 3. The Labute approximate surface area is 153 Å². The van der Waals surface area contributed by atoms with E-state index in [0.717, 1.165) is 23.3 Å². The maximum Gasteiger partial charge on any atom is 0.221 e. The lowest BCUT2D eigenvalue weighted by molar-refractivity contribution is -0.114. The van der Waals surface area contributed by atoms with Crippen molar-refractivity contribution < 1.29 is 15.0 Å². The van der Waals surface area contributed by atoms with Gasteiger partial charge in [0.1, 0.15) is 17.2 Å². The molecule has 1 unspecified atom stereocenters. The van der Waals surface area contributed by atoms with Gasteiger partial charge in [-0.1, -0.05) is 30.4 Å². The van der Waals surface area contributed by atoms with E-state index in [1.807, 2.05) is 13.1 Å². The lowest BCUT2D eigenvalue weighted by atomic mass is 9.97. The van der Waals surface area contributed by atoms with E-state index in [9.17, 15) is 15.0 Å². The van der Waals surface area contributed by atoms with E-state index in [4.69, 9.17) is 12.2 Å². The van der Waals surface area contributed by atoms with Crippen molar-refractivity contribution in [2.45, 2.75) is 39.3 Å². The van der Waals surface area contributed by atoms with Gasteiger partial charge in [0.25, 0.3) is 0 Å². The highest BCUT2D eigenvalue weighted by atomic mass is 32.1. The van der Waals surface area contributed by atoms with E-state index in [2.05, 4.69) is 29.3 Å². The molecule has 0 saturated carbocycles. The summed E-state index contributed by atoms with van der Waals surface area (Å²) in [5, 5.41) is 22.5. The SMILES string of the molecule is CC(=O)Nc1c(O)cc(CN(C)C(C)CC2=CC=CCC2=S)cc1O. The van der Waals surface area contributed by atoms with Crippen LogP contribution >= 0.6 is 12.2 Å². The molecule has 0 spiro atoms. The molecule has 25 heavy (non-hydrogen) atoms. The van der Waals surface area contributed by atoms with Gasteiger partial charge in [-0.3, -0.25) is 9.69 Å². The van der Waals surface area contributed by atoms with Crippen molar-refractivity contribution in [3.8, 4) is 11.5 Å². The number of amides is 1. The van der Waals surface area contributed by atoms with Gasteiger partial charge in [-0.25, -0.2) is 0 Å². The van der Waals surface area contributed by atoms with Gasteiger partial charge in [-0.05, 0) is 43.7 Å². The Bertz CT molecular complexity index is 717. The fourth-order valence-corrected chi connectivity index (χ4v) is 2.99. The van der Waals surface area contributed by atoms with Gasteiger partial charge in [0.15, 0.2) is 0 Å². The second-order valence-electron chi connectivity index (χ2n) is 6.41. The van der Waals surface area contributed by atoms with Gasteiger partial charge in [0.2, 0.25) is 5.91 Å². The summed E-state index contributed by atoms with van der Waals surface area (Å²) in [5.41, 5.74) is 1.98. The Kier molecular flexibility index (Phi) is 6.33. The van der Waals surface area contributed by atoms with E-state index in [1.54, 1.807) is 12.1 Å². The minimum Gasteiger partial charge on any atom is -0.506 e. The van der Waals surface area contributed by atoms with Gasteiger partial charge in [0.05, 0.1) is 0 Å². The van der Waals surface area contributed by atoms with Crippen molar-refractivity contribution in [2.75, 3.05) is 12.4 Å².